The van der Waals surface area contributed by atoms with Crippen molar-refractivity contribution in [1.29, 1.82) is 0 Å². The van der Waals surface area contributed by atoms with Gasteiger partial charge in [-0.15, -0.1) is 0 Å². The molecule has 17 heavy (non-hydrogen) atoms. The Morgan fingerprint density at radius 2 is 2.06 bits per heavy atom. The van der Waals surface area contributed by atoms with Crippen LogP contribution in [-0.4, -0.2) is 23.1 Å². The fourth-order valence-corrected chi connectivity index (χ4v) is 2.90. The van der Waals surface area contributed by atoms with Crippen LogP contribution in [0.4, 0.5) is 5.69 Å². The number of ether oxygens (including phenoxy) is 1. The lowest BCUT2D eigenvalue weighted by molar-refractivity contribution is -0.117. The summed E-state index contributed by atoms with van der Waals surface area (Å²) in [6.07, 6.45) is 1.44. The smallest absolute Gasteiger partial charge is 0.232 e. The fourth-order valence-electron chi connectivity index (χ4n) is 1.64. The molecule has 0 radical (unpaired) electrons. The molecule has 1 aliphatic heterocycles. The highest BCUT2D eigenvalue weighted by Crippen LogP contribution is 2.26. The predicted molar refractivity (Wildman–Crippen MR) is 74.8 cm³/mol. The Morgan fingerprint density at radius 3 is 2.71 bits per heavy atom. The molecule has 2 rings (SSSR count). The summed E-state index contributed by atoms with van der Waals surface area (Å²) in [6.45, 7) is 0. The molecule has 5 heteroatoms. The second-order valence-corrected chi connectivity index (χ2v) is 5.37. The van der Waals surface area contributed by atoms with Crippen molar-refractivity contribution in [1.82, 2.24) is 0 Å². The van der Waals surface area contributed by atoms with Gasteiger partial charge in [-0.1, -0.05) is 24.0 Å². The maximum atomic E-state index is 12.0. The summed E-state index contributed by atoms with van der Waals surface area (Å²) in [5.41, 5.74) is 0.815. The van der Waals surface area contributed by atoms with E-state index in [9.17, 15) is 4.79 Å². The van der Waals surface area contributed by atoms with Crippen molar-refractivity contribution >= 4 is 39.9 Å². The van der Waals surface area contributed by atoms with Gasteiger partial charge >= 0.3 is 0 Å². The van der Waals surface area contributed by atoms with E-state index in [0.29, 0.717) is 10.7 Å². The van der Waals surface area contributed by atoms with E-state index in [1.54, 1.807) is 23.8 Å². The molecule has 1 aliphatic rings. The van der Waals surface area contributed by atoms with E-state index in [0.717, 1.165) is 23.6 Å². The van der Waals surface area contributed by atoms with Gasteiger partial charge in [-0.05, 0) is 30.7 Å². The van der Waals surface area contributed by atoms with E-state index in [4.69, 9.17) is 17.0 Å². The Labute approximate surface area is 110 Å². The topological polar surface area (TPSA) is 29.5 Å². The zero-order valence-electron chi connectivity index (χ0n) is 9.51. The van der Waals surface area contributed by atoms with E-state index in [1.165, 1.54) is 0 Å². The highest BCUT2D eigenvalue weighted by molar-refractivity contribution is 8.23. The van der Waals surface area contributed by atoms with Crippen molar-refractivity contribution in [3.8, 4) is 5.75 Å². The number of amides is 1. The Hall–Kier alpha value is -1.07. The summed E-state index contributed by atoms with van der Waals surface area (Å²) >= 11 is 6.83. The number of anilines is 1. The van der Waals surface area contributed by atoms with Crippen molar-refractivity contribution in [2.45, 2.75) is 12.8 Å². The minimum absolute atomic E-state index is 0.0742. The second-order valence-electron chi connectivity index (χ2n) is 3.65. The molecule has 1 amide bonds. The van der Waals surface area contributed by atoms with Crippen molar-refractivity contribution in [2.75, 3.05) is 17.8 Å². The Morgan fingerprint density at radius 1 is 1.35 bits per heavy atom. The quantitative estimate of drug-likeness (QED) is 0.771. The van der Waals surface area contributed by atoms with Gasteiger partial charge in [0.05, 0.1) is 12.8 Å². The third-order valence-electron chi connectivity index (χ3n) is 2.52. The second kappa shape index (κ2) is 5.51. The van der Waals surface area contributed by atoms with Crippen LogP contribution in [0, 0.1) is 0 Å². The number of rotatable bonds is 2. The highest BCUT2D eigenvalue weighted by atomic mass is 32.2. The van der Waals surface area contributed by atoms with Gasteiger partial charge in [0.1, 0.15) is 10.1 Å². The number of methoxy groups -OCH3 is 1. The first kappa shape index (κ1) is 12.4. The first-order valence-corrected chi connectivity index (χ1v) is 6.75. The molecule has 0 aliphatic carbocycles. The number of benzene rings is 1. The number of hydrogen-bond acceptors (Lipinski definition) is 4. The van der Waals surface area contributed by atoms with Gasteiger partial charge in [-0.25, -0.2) is 0 Å². The maximum absolute atomic E-state index is 12.0. The molecule has 0 atom stereocenters. The van der Waals surface area contributed by atoms with Crippen LogP contribution in [0.3, 0.4) is 0 Å². The van der Waals surface area contributed by atoms with Crippen LogP contribution in [0.15, 0.2) is 24.3 Å². The highest BCUT2D eigenvalue weighted by Gasteiger charge is 2.23. The average molecular weight is 267 g/mol. The summed E-state index contributed by atoms with van der Waals surface area (Å²) in [6, 6.07) is 7.38. The summed E-state index contributed by atoms with van der Waals surface area (Å²) in [5.74, 6) is 1.76. The van der Waals surface area contributed by atoms with E-state index in [1.807, 2.05) is 24.3 Å². The van der Waals surface area contributed by atoms with Gasteiger partial charge in [0.2, 0.25) is 5.91 Å². The lowest BCUT2D eigenvalue weighted by Crippen LogP contribution is -2.32. The number of thiocarbonyl (C=S) groups is 1. The summed E-state index contributed by atoms with van der Waals surface area (Å²) < 4.78 is 5.73. The molecule has 0 saturated carbocycles. The zero-order valence-corrected chi connectivity index (χ0v) is 11.1. The molecular formula is C12H13NO2S2. The first-order valence-electron chi connectivity index (χ1n) is 5.36. The van der Waals surface area contributed by atoms with Crippen molar-refractivity contribution < 1.29 is 9.53 Å². The van der Waals surface area contributed by atoms with Gasteiger partial charge in [0.25, 0.3) is 0 Å². The normalized spacial score (nSPS) is 16.9. The van der Waals surface area contributed by atoms with Crippen LogP contribution in [0.5, 0.6) is 5.75 Å². The number of carbonyl (C=O) groups excluding carboxylic acids is 1. The Balaban J connectivity index is 2.28. The van der Waals surface area contributed by atoms with Crippen LogP contribution < -0.4 is 9.64 Å². The summed E-state index contributed by atoms with van der Waals surface area (Å²) in [7, 11) is 1.62. The maximum Gasteiger partial charge on any atom is 0.232 e. The summed E-state index contributed by atoms with van der Waals surface area (Å²) in [4.78, 5) is 13.6. The molecule has 0 unspecified atom stereocenters. The van der Waals surface area contributed by atoms with Crippen molar-refractivity contribution in [3.63, 3.8) is 0 Å². The van der Waals surface area contributed by atoms with Crippen molar-refractivity contribution in [3.05, 3.63) is 24.3 Å². The monoisotopic (exact) mass is 267 g/mol. The van der Waals surface area contributed by atoms with E-state index in [2.05, 4.69) is 0 Å². The molecule has 0 bridgehead atoms. The Bertz CT molecular complexity index is 413. The molecule has 1 saturated heterocycles. The SMILES string of the molecule is COc1ccc(N2C(=O)CCCSC2=S)cc1. The summed E-state index contributed by atoms with van der Waals surface area (Å²) in [5, 5.41) is 0. The van der Waals surface area contributed by atoms with E-state index < -0.39 is 0 Å². The van der Waals surface area contributed by atoms with Gasteiger partial charge in [-0.3, -0.25) is 9.69 Å². The number of nitrogens with zero attached hydrogens (tertiary/aromatic N) is 1. The molecule has 1 aromatic carbocycles. The molecule has 3 nitrogen and oxygen atoms in total. The molecule has 1 heterocycles. The van der Waals surface area contributed by atoms with Crippen molar-refractivity contribution in [2.24, 2.45) is 0 Å². The third-order valence-corrected chi connectivity index (χ3v) is 3.98. The van der Waals surface area contributed by atoms with E-state index >= 15 is 0 Å². The van der Waals surface area contributed by atoms with Crippen LogP contribution in [0.2, 0.25) is 0 Å². The van der Waals surface area contributed by atoms with Gasteiger partial charge < -0.3 is 4.74 Å². The predicted octanol–water partition coefficient (Wildman–Crippen LogP) is 2.84. The number of hydrogen-bond donors (Lipinski definition) is 0. The number of carbonyl (C=O) groups is 1. The lowest BCUT2D eigenvalue weighted by Gasteiger charge is -2.20. The first-order chi connectivity index (χ1) is 8.22. The molecular weight excluding hydrogens is 254 g/mol. The van der Waals surface area contributed by atoms with Crippen LogP contribution in [-0.2, 0) is 4.79 Å². The zero-order chi connectivity index (χ0) is 12.3. The molecule has 1 aromatic rings. The molecule has 90 valence electrons. The largest absolute Gasteiger partial charge is 0.497 e. The number of thioether (sulfide) groups is 1. The minimum atomic E-state index is 0.0742. The van der Waals surface area contributed by atoms with Gasteiger partial charge in [-0.2, -0.15) is 0 Å². The van der Waals surface area contributed by atoms with Gasteiger partial charge in [0.15, 0.2) is 0 Å². The van der Waals surface area contributed by atoms with Gasteiger partial charge in [0, 0.05) is 12.2 Å². The van der Waals surface area contributed by atoms with Crippen LogP contribution in [0.25, 0.3) is 0 Å². The molecule has 0 aromatic heterocycles. The molecule has 0 spiro atoms. The average Bonchev–Trinajstić information content (AvgIpc) is 2.51. The minimum Gasteiger partial charge on any atom is -0.497 e. The standard InChI is InChI=1S/C12H13NO2S2/c1-15-10-6-4-9(5-7-10)13-11(14)3-2-8-17-12(13)16/h4-7H,2-3,8H2,1H3. The third kappa shape index (κ3) is 2.79. The van der Waals surface area contributed by atoms with Crippen LogP contribution in [0.1, 0.15) is 12.8 Å². The lowest BCUT2D eigenvalue weighted by atomic mass is 10.2. The Kier molecular flexibility index (Phi) is 4.02. The fraction of sp³-hybridized carbons (Fsp3) is 0.333. The van der Waals surface area contributed by atoms with Crippen LogP contribution >= 0.6 is 24.0 Å². The molecule has 0 N–H and O–H groups in total. The molecule has 1 fully saturated rings. The van der Waals surface area contributed by atoms with E-state index in [-0.39, 0.29) is 5.91 Å².